The molecule has 2 aromatic carbocycles. The van der Waals surface area contributed by atoms with E-state index in [1.807, 2.05) is 53.4 Å². The first-order valence-electron chi connectivity index (χ1n) is 9.78. The lowest BCUT2D eigenvalue weighted by atomic mass is 10.1. The molecule has 1 aliphatic heterocycles. The number of carbonyl (C=O) groups is 2. The van der Waals surface area contributed by atoms with E-state index in [2.05, 4.69) is 15.8 Å². The summed E-state index contributed by atoms with van der Waals surface area (Å²) in [7, 11) is 0. The number of nitrogens with zero attached hydrogens (tertiary/aromatic N) is 2. The Morgan fingerprint density at radius 2 is 1.97 bits per heavy atom. The Balaban J connectivity index is 1.63. The van der Waals surface area contributed by atoms with Gasteiger partial charge >= 0.3 is 6.09 Å². The van der Waals surface area contributed by atoms with Crippen LogP contribution in [0.4, 0.5) is 16.2 Å². The predicted octanol–water partition coefficient (Wildman–Crippen LogP) is 3.68. The van der Waals surface area contributed by atoms with Crippen LogP contribution in [0.3, 0.4) is 0 Å². The lowest BCUT2D eigenvalue weighted by Crippen LogP contribution is -2.50. The molecule has 30 heavy (non-hydrogen) atoms. The molecule has 0 fully saturated rings. The molecule has 2 N–H and O–H groups in total. The molecule has 0 saturated heterocycles. The molecule has 0 radical (unpaired) electrons. The zero-order valence-electron chi connectivity index (χ0n) is 17.1. The Morgan fingerprint density at radius 1 is 1.23 bits per heavy atom. The summed E-state index contributed by atoms with van der Waals surface area (Å²) in [6.07, 6.45) is -0.638. The van der Waals surface area contributed by atoms with Gasteiger partial charge in [0, 0.05) is 11.9 Å². The highest BCUT2D eigenvalue weighted by Crippen LogP contribution is 2.31. The largest absolute Gasteiger partial charge is 0.444 e. The summed E-state index contributed by atoms with van der Waals surface area (Å²) in [5, 5.41) is 10.7. The zero-order chi connectivity index (χ0) is 21.3. The normalized spacial score (nSPS) is 16.6. The second kappa shape index (κ2) is 7.70. The first-order chi connectivity index (χ1) is 14.3. The van der Waals surface area contributed by atoms with Gasteiger partial charge in [-0.3, -0.25) is 4.79 Å². The number of benzene rings is 2. The highest BCUT2D eigenvalue weighted by Gasteiger charge is 2.31. The number of amides is 2. The predicted molar refractivity (Wildman–Crippen MR) is 113 cm³/mol. The van der Waals surface area contributed by atoms with Crippen molar-refractivity contribution >= 4 is 34.3 Å². The minimum absolute atomic E-state index is 0.253. The molecule has 4 rings (SSSR count). The number of aromatic nitrogens is 1. The van der Waals surface area contributed by atoms with Crippen LogP contribution in [0.5, 0.6) is 0 Å². The second-order valence-corrected chi connectivity index (χ2v) is 8.21. The van der Waals surface area contributed by atoms with Crippen LogP contribution in [0.15, 0.2) is 53.1 Å². The van der Waals surface area contributed by atoms with E-state index in [1.54, 1.807) is 20.8 Å². The van der Waals surface area contributed by atoms with Crippen molar-refractivity contribution in [1.82, 2.24) is 10.5 Å². The molecule has 1 aliphatic rings. The van der Waals surface area contributed by atoms with Crippen molar-refractivity contribution in [1.29, 1.82) is 0 Å². The van der Waals surface area contributed by atoms with Gasteiger partial charge < -0.3 is 24.8 Å². The summed E-state index contributed by atoms with van der Waals surface area (Å²) in [5.41, 5.74) is 2.31. The fraction of sp³-hybridized carbons (Fsp3) is 0.318. The van der Waals surface area contributed by atoms with E-state index in [4.69, 9.17) is 9.26 Å². The topological polar surface area (TPSA) is 96.7 Å². The summed E-state index contributed by atoms with van der Waals surface area (Å²) in [4.78, 5) is 27.1. The average Bonchev–Trinajstić information content (AvgIpc) is 3.03. The first kappa shape index (κ1) is 19.8. The van der Waals surface area contributed by atoms with Crippen LogP contribution in [0.2, 0.25) is 0 Å². The Hall–Kier alpha value is -3.55. The van der Waals surface area contributed by atoms with Crippen molar-refractivity contribution in [2.75, 3.05) is 16.8 Å². The SMILES string of the molecule is CC(C)(C)OC(=O)NC1CN(Cc2noc3ccccc23)c2ccccc2NC1=O. The van der Waals surface area contributed by atoms with E-state index in [0.29, 0.717) is 17.8 Å². The van der Waals surface area contributed by atoms with E-state index in [1.165, 1.54) is 0 Å². The summed E-state index contributed by atoms with van der Waals surface area (Å²) in [6.45, 7) is 5.99. The van der Waals surface area contributed by atoms with Crippen LogP contribution in [0.1, 0.15) is 26.5 Å². The van der Waals surface area contributed by atoms with Gasteiger partial charge in [0.05, 0.1) is 17.9 Å². The van der Waals surface area contributed by atoms with Gasteiger partial charge in [0.25, 0.3) is 0 Å². The van der Waals surface area contributed by atoms with Gasteiger partial charge in [-0.15, -0.1) is 0 Å². The van der Waals surface area contributed by atoms with Gasteiger partial charge in [-0.05, 0) is 45.0 Å². The van der Waals surface area contributed by atoms with Crippen molar-refractivity contribution < 1.29 is 18.8 Å². The number of carbonyl (C=O) groups excluding carboxylic acids is 2. The van der Waals surface area contributed by atoms with Crippen LogP contribution in [0, 0.1) is 0 Å². The molecule has 0 saturated carbocycles. The van der Waals surface area contributed by atoms with Gasteiger partial charge in [-0.2, -0.15) is 0 Å². The lowest BCUT2D eigenvalue weighted by molar-refractivity contribution is -0.117. The number of ether oxygens (including phenoxy) is 1. The van der Waals surface area contributed by atoms with Crippen molar-refractivity contribution in [3.63, 3.8) is 0 Å². The quantitative estimate of drug-likeness (QED) is 0.686. The number of para-hydroxylation sites is 3. The maximum Gasteiger partial charge on any atom is 0.408 e. The van der Waals surface area contributed by atoms with Crippen molar-refractivity contribution in [2.45, 2.75) is 39.0 Å². The minimum Gasteiger partial charge on any atom is -0.444 e. The van der Waals surface area contributed by atoms with Crippen LogP contribution < -0.4 is 15.5 Å². The Bertz CT molecular complexity index is 1090. The van der Waals surface area contributed by atoms with Gasteiger partial charge in [-0.25, -0.2) is 4.79 Å². The molecular weight excluding hydrogens is 384 g/mol. The van der Waals surface area contributed by atoms with Crippen molar-refractivity contribution in [3.05, 3.63) is 54.2 Å². The molecule has 0 aliphatic carbocycles. The smallest absolute Gasteiger partial charge is 0.408 e. The lowest BCUT2D eigenvalue weighted by Gasteiger charge is -2.27. The molecule has 156 valence electrons. The number of anilines is 2. The molecule has 1 aromatic heterocycles. The van der Waals surface area contributed by atoms with E-state index in [0.717, 1.165) is 16.8 Å². The molecule has 8 nitrogen and oxygen atoms in total. The standard InChI is InChI=1S/C22H24N4O4/c1-22(2,3)29-21(28)24-17-13-26(18-10-6-5-9-15(18)23-20(17)27)12-16-14-8-4-7-11-19(14)30-25-16/h4-11,17H,12-13H2,1-3H3,(H,23,27)(H,24,28). The minimum atomic E-state index is -0.801. The molecule has 0 spiro atoms. The molecule has 2 amide bonds. The molecule has 1 atom stereocenters. The third-order valence-electron chi connectivity index (χ3n) is 4.71. The van der Waals surface area contributed by atoms with Gasteiger partial charge in [0.2, 0.25) is 5.91 Å². The maximum atomic E-state index is 12.8. The molecule has 1 unspecified atom stereocenters. The molecular formula is C22H24N4O4. The first-order valence-corrected chi connectivity index (χ1v) is 9.78. The Labute approximate surface area is 174 Å². The fourth-order valence-corrected chi connectivity index (χ4v) is 3.42. The molecule has 3 aromatic rings. The maximum absolute atomic E-state index is 12.8. The van der Waals surface area contributed by atoms with Crippen molar-refractivity contribution in [3.8, 4) is 0 Å². The van der Waals surface area contributed by atoms with Gasteiger partial charge in [0.1, 0.15) is 17.3 Å². The van der Waals surface area contributed by atoms with Crippen LogP contribution >= 0.6 is 0 Å². The third-order valence-corrected chi connectivity index (χ3v) is 4.71. The van der Waals surface area contributed by atoms with E-state index < -0.39 is 17.7 Å². The van der Waals surface area contributed by atoms with E-state index in [9.17, 15) is 9.59 Å². The third kappa shape index (κ3) is 4.22. The number of hydrogen-bond acceptors (Lipinski definition) is 6. The number of rotatable bonds is 3. The van der Waals surface area contributed by atoms with Crippen LogP contribution in [-0.4, -0.2) is 35.3 Å². The molecule has 8 heteroatoms. The summed E-state index contributed by atoms with van der Waals surface area (Å²) < 4.78 is 10.8. The van der Waals surface area contributed by atoms with Gasteiger partial charge in [-0.1, -0.05) is 29.4 Å². The summed E-state index contributed by atoms with van der Waals surface area (Å²) in [6, 6.07) is 14.3. The van der Waals surface area contributed by atoms with E-state index >= 15 is 0 Å². The summed E-state index contributed by atoms with van der Waals surface area (Å²) >= 11 is 0. The Morgan fingerprint density at radius 3 is 2.77 bits per heavy atom. The number of nitrogens with one attached hydrogen (secondary N) is 2. The zero-order valence-corrected chi connectivity index (χ0v) is 17.1. The number of alkyl carbamates (subject to hydrolysis) is 1. The van der Waals surface area contributed by atoms with E-state index in [-0.39, 0.29) is 12.5 Å². The van der Waals surface area contributed by atoms with Gasteiger partial charge in [0.15, 0.2) is 5.58 Å². The highest BCUT2D eigenvalue weighted by atomic mass is 16.6. The summed E-state index contributed by atoms with van der Waals surface area (Å²) in [5.74, 6) is -0.305. The van der Waals surface area contributed by atoms with Crippen LogP contribution in [-0.2, 0) is 16.1 Å². The number of hydrogen-bond donors (Lipinski definition) is 2. The molecule has 2 heterocycles. The average molecular weight is 408 g/mol. The highest BCUT2D eigenvalue weighted by molar-refractivity contribution is 6.01. The van der Waals surface area contributed by atoms with Crippen molar-refractivity contribution in [2.24, 2.45) is 0 Å². The second-order valence-electron chi connectivity index (χ2n) is 8.21. The monoisotopic (exact) mass is 408 g/mol. The fourth-order valence-electron chi connectivity index (χ4n) is 3.42. The molecule has 0 bridgehead atoms. The Kier molecular flexibility index (Phi) is 5.07. The van der Waals surface area contributed by atoms with Crippen LogP contribution in [0.25, 0.3) is 11.0 Å². The number of fused-ring (bicyclic) bond motifs is 2.